The van der Waals surface area contributed by atoms with Crippen molar-refractivity contribution >= 4 is 5.91 Å². The second kappa shape index (κ2) is 5.26. The molecule has 2 aromatic rings. The molecule has 1 N–H and O–H groups in total. The summed E-state index contributed by atoms with van der Waals surface area (Å²) in [6.07, 6.45) is 1.79. The molecule has 0 radical (unpaired) electrons. The Kier molecular flexibility index (Phi) is 3.69. The molecule has 4 nitrogen and oxygen atoms in total. The van der Waals surface area contributed by atoms with Gasteiger partial charge in [0.25, 0.3) is 5.91 Å². The zero-order valence-electron chi connectivity index (χ0n) is 11.8. The van der Waals surface area contributed by atoms with E-state index in [9.17, 15) is 4.79 Å². The first-order valence-corrected chi connectivity index (χ1v) is 6.31. The first-order chi connectivity index (χ1) is 8.97. The predicted molar refractivity (Wildman–Crippen MR) is 75.0 cm³/mol. The topological polar surface area (TPSA) is 46.9 Å². The second-order valence-electron chi connectivity index (χ2n) is 4.94. The quantitative estimate of drug-likeness (QED) is 0.917. The second-order valence-corrected chi connectivity index (χ2v) is 4.94. The van der Waals surface area contributed by atoms with Gasteiger partial charge in [0.15, 0.2) is 0 Å². The highest BCUT2D eigenvalue weighted by molar-refractivity contribution is 5.94. The fourth-order valence-corrected chi connectivity index (χ4v) is 2.10. The van der Waals surface area contributed by atoms with E-state index >= 15 is 0 Å². The van der Waals surface area contributed by atoms with Crippen molar-refractivity contribution < 1.29 is 4.79 Å². The lowest BCUT2D eigenvalue weighted by molar-refractivity contribution is 0.0950. The number of nitrogens with one attached hydrogen (secondary N) is 1. The van der Waals surface area contributed by atoms with Crippen molar-refractivity contribution in [2.45, 2.75) is 27.3 Å². The van der Waals surface area contributed by atoms with Crippen LogP contribution in [0.25, 0.3) is 0 Å². The summed E-state index contributed by atoms with van der Waals surface area (Å²) in [7, 11) is 1.89. The van der Waals surface area contributed by atoms with Crippen LogP contribution in [0.5, 0.6) is 0 Å². The van der Waals surface area contributed by atoms with Gasteiger partial charge in [-0.25, -0.2) is 0 Å². The molecular weight excluding hydrogens is 238 g/mol. The molecule has 1 aromatic heterocycles. The normalized spacial score (nSPS) is 10.5. The lowest BCUT2D eigenvalue weighted by Gasteiger charge is -2.07. The summed E-state index contributed by atoms with van der Waals surface area (Å²) < 4.78 is 1.80. The van der Waals surface area contributed by atoms with Gasteiger partial charge in [-0.3, -0.25) is 9.48 Å². The molecule has 0 aliphatic rings. The summed E-state index contributed by atoms with van der Waals surface area (Å²) >= 11 is 0. The number of benzene rings is 1. The van der Waals surface area contributed by atoms with Gasteiger partial charge < -0.3 is 5.32 Å². The van der Waals surface area contributed by atoms with Crippen LogP contribution in [-0.2, 0) is 13.6 Å². The lowest BCUT2D eigenvalue weighted by atomic mass is 10.1. The molecule has 0 spiro atoms. The molecule has 1 aromatic carbocycles. The summed E-state index contributed by atoms with van der Waals surface area (Å²) in [5.41, 5.74) is 5.02. The number of carbonyl (C=O) groups excluding carboxylic acids is 1. The summed E-state index contributed by atoms with van der Waals surface area (Å²) in [5, 5.41) is 7.09. The lowest BCUT2D eigenvalue weighted by Crippen LogP contribution is -2.23. The van der Waals surface area contributed by atoms with E-state index in [1.807, 2.05) is 40.0 Å². The van der Waals surface area contributed by atoms with Crippen LogP contribution in [0.2, 0.25) is 0 Å². The predicted octanol–water partition coefficient (Wildman–Crippen LogP) is 2.28. The first-order valence-electron chi connectivity index (χ1n) is 6.31. The Balaban J connectivity index is 2.07. The van der Waals surface area contributed by atoms with Gasteiger partial charge in [-0.2, -0.15) is 5.10 Å². The zero-order chi connectivity index (χ0) is 14.0. The molecule has 0 saturated carbocycles. The Morgan fingerprint density at radius 1 is 1.21 bits per heavy atom. The number of aryl methyl sites for hydroxylation is 3. The van der Waals surface area contributed by atoms with Crippen molar-refractivity contribution in [1.29, 1.82) is 0 Å². The van der Waals surface area contributed by atoms with E-state index in [0.29, 0.717) is 12.1 Å². The maximum Gasteiger partial charge on any atom is 0.251 e. The fourth-order valence-electron chi connectivity index (χ4n) is 2.10. The van der Waals surface area contributed by atoms with Gasteiger partial charge in [-0.15, -0.1) is 0 Å². The summed E-state index contributed by atoms with van der Waals surface area (Å²) in [4.78, 5) is 12.1. The number of hydrogen-bond acceptors (Lipinski definition) is 2. The van der Waals surface area contributed by atoms with Crippen molar-refractivity contribution in [2.24, 2.45) is 7.05 Å². The molecule has 1 heterocycles. The third-order valence-electron chi connectivity index (χ3n) is 3.26. The van der Waals surface area contributed by atoms with Crippen LogP contribution < -0.4 is 5.32 Å². The van der Waals surface area contributed by atoms with E-state index in [1.165, 1.54) is 0 Å². The van der Waals surface area contributed by atoms with Gasteiger partial charge in [0.1, 0.15) is 0 Å². The van der Waals surface area contributed by atoms with Crippen LogP contribution in [0.4, 0.5) is 0 Å². The molecule has 0 saturated heterocycles. The Hall–Kier alpha value is -2.10. The number of carbonyl (C=O) groups is 1. The third kappa shape index (κ3) is 3.02. The highest BCUT2D eigenvalue weighted by atomic mass is 16.1. The van der Waals surface area contributed by atoms with Crippen LogP contribution in [0.1, 0.15) is 32.7 Å². The number of hydrogen-bond donors (Lipinski definition) is 1. The molecule has 0 aliphatic heterocycles. The third-order valence-corrected chi connectivity index (χ3v) is 3.26. The van der Waals surface area contributed by atoms with Crippen molar-refractivity contribution in [3.05, 3.63) is 52.3 Å². The molecule has 0 aliphatic carbocycles. The van der Waals surface area contributed by atoms with E-state index in [4.69, 9.17) is 0 Å². The average molecular weight is 257 g/mol. The molecular formula is C15H19N3O. The van der Waals surface area contributed by atoms with Crippen molar-refractivity contribution in [2.75, 3.05) is 0 Å². The van der Waals surface area contributed by atoms with Gasteiger partial charge >= 0.3 is 0 Å². The maximum atomic E-state index is 12.1. The minimum Gasteiger partial charge on any atom is -0.348 e. The SMILES string of the molecule is Cc1cc(C)cc(C(=O)NCc2cnn(C)c2C)c1. The van der Waals surface area contributed by atoms with Gasteiger partial charge in [0, 0.05) is 30.4 Å². The van der Waals surface area contributed by atoms with Crippen LogP contribution in [0, 0.1) is 20.8 Å². The molecule has 19 heavy (non-hydrogen) atoms. The summed E-state index contributed by atoms with van der Waals surface area (Å²) in [6.45, 7) is 6.49. The Morgan fingerprint density at radius 3 is 2.37 bits per heavy atom. The Morgan fingerprint density at radius 2 is 1.84 bits per heavy atom. The number of nitrogens with zero attached hydrogens (tertiary/aromatic N) is 2. The van der Waals surface area contributed by atoms with Crippen LogP contribution >= 0.6 is 0 Å². The van der Waals surface area contributed by atoms with E-state index in [-0.39, 0.29) is 5.91 Å². The molecule has 4 heteroatoms. The van der Waals surface area contributed by atoms with Crippen molar-refractivity contribution in [3.8, 4) is 0 Å². The Labute approximate surface area is 113 Å². The van der Waals surface area contributed by atoms with Gasteiger partial charge in [-0.05, 0) is 32.9 Å². The molecule has 100 valence electrons. The average Bonchev–Trinajstić information content (AvgIpc) is 2.66. The van der Waals surface area contributed by atoms with Crippen molar-refractivity contribution in [3.63, 3.8) is 0 Å². The van der Waals surface area contributed by atoms with Crippen molar-refractivity contribution in [1.82, 2.24) is 15.1 Å². The molecule has 0 bridgehead atoms. The minimum absolute atomic E-state index is 0.0462. The molecule has 0 atom stereocenters. The van der Waals surface area contributed by atoms with Crippen LogP contribution in [0.3, 0.4) is 0 Å². The number of aromatic nitrogens is 2. The molecule has 2 rings (SSSR count). The monoisotopic (exact) mass is 257 g/mol. The van der Waals surface area contributed by atoms with Gasteiger partial charge in [-0.1, -0.05) is 17.2 Å². The standard InChI is InChI=1S/C15H19N3O/c1-10-5-11(2)7-13(6-10)15(19)16-8-14-9-17-18(4)12(14)3/h5-7,9H,8H2,1-4H3,(H,16,19). The molecule has 0 unspecified atom stereocenters. The van der Waals surface area contributed by atoms with E-state index in [1.54, 1.807) is 10.9 Å². The Bertz CT molecular complexity index is 594. The summed E-state index contributed by atoms with van der Waals surface area (Å²) in [6, 6.07) is 5.86. The fraction of sp³-hybridized carbons (Fsp3) is 0.333. The molecule has 1 amide bonds. The first kappa shape index (κ1) is 13.3. The van der Waals surface area contributed by atoms with E-state index in [0.717, 1.165) is 22.4 Å². The summed E-state index contributed by atoms with van der Waals surface area (Å²) in [5.74, 6) is -0.0462. The smallest absolute Gasteiger partial charge is 0.251 e. The van der Waals surface area contributed by atoms with E-state index < -0.39 is 0 Å². The maximum absolute atomic E-state index is 12.1. The number of amides is 1. The van der Waals surface area contributed by atoms with Gasteiger partial charge in [0.05, 0.1) is 6.20 Å². The zero-order valence-corrected chi connectivity index (χ0v) is 11.8. The largest absolute Gasteiger partial charge is 0.348 e. The molecule has 0 fully saturated rings. The highest BCUT2D eigenvalue weighted by Gasteiger charge is 2.09. The van der Waals surface area contributed by atoms with E-state index in [2.05, 4.69) is 16.5 Å². The van der Waals surface area contributed by atoms with Crippen LogP contribution in [-0.4, -0.2) is 15.7 Å². The number of rotatable bonds is 3. The minimum atomic E-state index is -0.0462. The highest BCUT2D eigenvalue weighted by Crippen LogP contribution is 2.10. The van der Waals surface area contributed by atoms with Crippen LogP contribution in [0.15, 0.2) is 24.4 Å². The van der Waals surface area contributed by atoms with Gasteiger partial charge in [0.2, 0.25) is 0 Å².